The first-order valence-corrected chi connectivity index (χ1v) is 9.84. The van der Waals surface area contributed by atoms with E-state index in [1.165, 1.54) is 0 Å². The van der Waals surface area contributed by atoms with Gasteiger partial charge in [0, 0.05) is 42.7 Å². The smallest absolute Gasteiger partial charge is 0.242 e. The molecule has 1 saturated heterocycles. The van der Waals surface area contributed by atoms with Crippen molar-refractivity contribution in [1.82, 2.24) is 24.6 Å². The van der Waals surface area contributed by atoms with Gasteiger partial charge in [0.15, 0.2) is 0 Å². The zero-order valence-electron chi connectivity index (χ0n) is 16.7. The Morgan fingerprint density at radius 3 is 2.90 bits per heavy atom. The molecular formula is C21H25N5O3. The van der Waals surface area contributed by atoms with E-state index >= 15 is 0 Å². The molecule has 1 amide bonds. The average Bonchev–Trinajstić information content (AvgIpc) is 3.37. The van der Waals surface area contributed by atoms with Crippen molar-refractivity contribution in [2.45, 2.75) is 45.8 Å². The Kier molecular flexibility index (Phi) is 5.44. The molecule has 0 bridgehead atoms. The normalized spacial score (nSPS) is 16.9. The van der Waals surface area contributed by atoms with E-state index in [1.807, 2.05) is 30.9 Å². The van der Waals surface area contributed by atoms with Gasteiger partial charge < -0.3 is 19.1 Å². The SMILES string of the molecule is Cc1noc(C)c1-c1nc([C@@H]2CCCN(C(=O)Cn3ccnc3)C2)ccc1CO. The molecule has 1 atom stereocenters. The number of aryl methyl sites for hydroxylation is 2. The van der Waals surface area contributed by atoms with Crippen LogP contribution in [0.25, 0.3) is 11.3 Å². The summed E-state index contributed by atoms with van der Waals surface area (Å²) >= 11 is 0. The van der Waals surface area contributed by atoms with Gasteiger partial charge in [0.05, 0.1) is 29.9 Å². The molecule has 4 heterocycles. The summed E-state index contributed by atoms with van der Waals surface area (Å²) < 4.78 is 7.09. The van der Waals surface area contributed by atoms with Gasteiger partial charge in [0.1, 0.15) is 12.3 Å². The first-order valence-electron chi connectivity index (χ1n) is 9.84. The lowest BCUT2D eigenvalue weighted by atomic mass is 9.93. The van der Waals surface area contributed by atoms with Crippen LogP contribution in [-0.4, -0.2) is 48.7 Å². The molecule has 0 aromatic carbocycles. The number of imidazole rings is 1. The van der Waals surface area contributed by atoms with E-state index in [2.05, 4.69) is 10.1 Å². The van der Waals surface area contributed by atoms with E-state index in [0.717, 1.165) is 41.9 Å². The summed E-state index contributed by atoms with van der Waals surface area (Å²) in [6, 6.07) is 3.87. The van der Waals surface area contributed by atoms with Crippen LogP contribution >= 0.6 is 0 Å². The summed E-state index contributed by atoms with van der Waals surface area (Å²) in [5.74, 6) is 0.927. The number of hydrogen-bond acceptors (Lipinski definition) is 6. The summed E-state index contributed by atoms with van der Waals surface area (Å²) in [7, 11) is 0. The Hall–Kier alpha value is -3.00. The number of likely N-dealkylation sites (tertiary alicyclic amines) is 1. The lowest BCUT2D eigenvalue weighted by Gasteiger charge is -2.33. The van der Waals surface area contributed by atoms with E-state index in [4.69, 9.17) is 9.51 Å². The number of carbonyl (C=O) groups is 1. The molecular weight excluding hydrogens is 370 g/mol. The average molecular weight is 395 g/mol. The van der Waals surface area contributed by atoms with Crippen LogP contribution in [0.4, 0.5) is 0 Å². The first-order chi connectivity index (χ1) is 14.1. The minimum Gasteiger partial charge on any atom is -0.392 e. The van der Waals surface area contributed by atoms with Crippen LogP contribution in [0, 0.1) is 13.8 Å². The summed E-state index contributed by atoms with van der Waals surface area (Å²) in [4.78, 5) is 23.5. The van der Waals surface area contributed by atoms with Gasteiger partial charge in [-0.3, -0.25) is 9.78 Å². The fraction of sp³-hybridized carbons (Fsp3) is 0.429. The number of rotatable bonds is 5. The first kappa shape index (κ1) is 19.3. The number of carbonyl (C=O) groups excluding carboxylic acids is 1. The quantitative estimate of drug-likeness (QED) is 0.713. The molecule has 29 heavy (non-hydrogen) atoms. The van der Waals surface area contributed by atoms with Crippen molar-refractivity contribution < 1.29 is 14.4 Å². The molecule has 0 radical (unpaired) electrons. The molecule has 152 valence electrons. The molecule has 0 saturated carbocycles. The molecule has 1 aliphatic heterocycles. The van der Waals surface area contributed by atoms with Crippen LogP contribution in [-0.2, 0) is 17.9 Å². The number of aliphatic hydroxyl groups is 1. The van der Waals surface area contributed by atoms with Crippen LogP contribution < -0.4 is 0 Å². The van der Waals surface area contributed by atoms with Crippen molar-refractivity contribution in [3.63, 3.8) is 0 Å². The van der Waals surface area contributed by atoms with Crippen LogP contribution in [0.15, 0.2) is 35.4 Å². The number of nitrogens with zero attached hydrogens (tertiary/aromatic N) is 5. The van der Waals surface area contributed by atoms with Crippen molar-refractivity contribution in [2.24, 2.45) is 0 Å². The van der Waals surface area contributed by atoms with E-state index in [9.17, 15) is 9.90 Å². The number of pyridine rings is 1. The molecule has 4 rings (SSSR count). The third-order valence-electron chi connectivity index (χ3n) is 5.51. The molecule has 8 nitrogen and oxygen atoms in total. The molecule has 3 aromatic rings. The largest absolute Gasteiger partial charge is 0.392 e. The Balaban J connectivity index is 1.58. The number of aromatic nitrogens is 4. The van der Waals surface area contributed by atoms with Gasteiger partial charge >= 0.3 is 0 Å². The zero-order valence-corrected chi connectivity index (χ0v) is 16.7. The summed E-state index contributed by atoms with van der Waals surface area (Å²) in [5.41, 5.74) is 3.97. The predicted molar refractivity (Wildman–Crippen MR) is 106 cm³/mol. The minimum absolute atomic E-state index is 0.0885. The number of aliphatic hydroxyl groups excluding tert-OH is 1. The molecule has 8 heteroatoms. The van der Waals surface area contributed by atoms with Gasteiger partial charge in [-0.2, -0.15) is 0 Å². The van der Waals surface area contributed by atoms with Crippen molar-refractivity contribution in [2.75, 3.05) is 13.1 Å². The highest BCUT2D eigenvalue weighted by Crippen LogP contribution is 2.32. The lowest BCUT2D eigenvalue weighted by molar-refractivity contribution is -0.133. The Morgan fingerprint density at radius 1 is 1.34 bits per heavy atom. The highest BCUT2D eigenvalue weighted by Gasteiger charge is 2.27. The fourth-order valence-electron chi connectivity index (χ4n) is 3.98. The Morgan fingerprint density at radius 2 is 2.21 bits per heavy atom. The molecule has 1 aliphatic rings. The van der Waals surface area contributed by atoms with Crippen LogP contribution in [0.3, 0.4) is 0 Å². The maximum Gasteiger partial charge on any atom is 0.242 e. The number of hydrogen-bond donors (Lipinski definition) is 1. The third-order valence-corrected chi connectivity index (χ3v) is 5.51. The van der Waals surface area contributed by atoms with Crippen LogP contribution in [0.2, 0.25) is 0 Å². The van der Waals surface area contributed by atoms with Crippen molar-refractivity contribution in [3.8, 4) is 11.3 Å². The zero-order chi connectivity index (χ0) is 20.4. The standard InChI is InChI=1S/C21H25N5O3/c1-14-20(15(2)29-24-14)21-17(12-27)5-6-18(23-21)16-4-3-8-26(10-16)19(28)11-25-9-7-22-13-25/h5-7,9,13,16,27H,3-4,8,10-12H2,1-2H3/t16-/m1/s1. The topological polar surface area (TPSA) is 97.3 Å². The third kappa shape index (κ3) is 3.93. The molecule has 1 fully saturated rings. The molecule has 3 aromatic heterocycles. The van der Waals surface area contributed by atoms with Gasteiger partial charge in [0.25, 0.3) is 0 Å². The summed E-state index contributed by atoms with van der Waals surface area (Å²) in [5, 5.41) is 13.8. The molecule has 0 unspecified atom stereocenters. The monoisotopic (exact) mass is 395 g/mol. The Labute approximate surface area is 169 Å². The Bertz CT molecular complexity index is 976. The highest BCUT2D eigenvalue weighted by molar-refractivity contribution is 5.76. The second-order valence-electron chi connectivity index (χ2n) is 7.52. The van der Waals surface area contributed by atoms with Crippen molar-refractivity contribution >= 4 is 5.91 Å². The van der Waals surface area contributed by atoms with Crippen molar-refractivity contribution in [1.29, 1.82) is 0 Å². The predicted octanol–water partition coefficient (Wildman–Crippen LogP) is 2.45. The molecule has 1 N–H and O–H groups in total. The molecule has 0 aliphatic carbocycles. The van der Waals surface area contributed by atoms with Crippen LogP contribution in [0.1, 0.15) is 41.5 Å². The summed E-state index contributed by atoms with van der Waals surface area (Å²) in [6.07, 6.45) is 7.04. The van der Waals surface area contributed by atoms with Crippen molar-refractivity contribution in [3.05, 3.63) is 53.6 Å². The van der Waals surface area contributed by atoms with E-state index in [0.29, 0.717) is 24.5 Å². The van der Waals surface area contributed by atoms with E-state index < -0.39 is 0 Å². The highest BCUT2D eigenvalue weighted by atomic mass is 16.5. The lowest BCUT2D eigenvalue weighted by Crippen LogP contribution is -2.40. The maximum absolute atomic E-state index is 12.7. The minimum atomic E-state index is -0.104. The number of piperidine rings is 1. The summed E-state index contributed by atoms with van der Waals surface area (Å²) in [6.45, 7) is 5.32. The van der Waals surface area contributed by atoms with Crippen LogP contribution in [0.5, 0.6) is 0 Å². The van der Waals surface area contributed by atoms with E-state index in [1.54, 1.807) is 23.3 Å². The van der Waals surface area contributed by atoms with Gasteiger partial charge in [-0.25, -0.2) is 4.98 Å². The maximum atomic E-state index is 12.7. The fourth-order valence-corrected chi connectivity index (χ4v) is 3.98. The van der Waals surface area contributed by atoms with Gasteiger partial charge in [-0.05, 0) is 32.8 Å². The number of amides is 1. The van der Waals surface area contributed by atoms with Gasteiger partial charge in [-0.1, -0.05) is 11.2 Å². The molecule has 0 spiro atoms. The van der Waals surface area contributed by atoms with E-state index in [-0.39, 0.29) is 18.4 Å². The second kappa shape index (κ2) is 8.16. The second-order valence-corrected chi connectivity index (χ2v) is 7.52. The van der Waals surface area contributed by atoms with Gasteiger partial charge in [-0.15, -0.1) is 0 Å². The van der Waals surface area contributed by atoms with Gasteiger partial charge in [0.2, 0.25) is 5.91 Å².